The third kappa shape index (κ3) is 5.15. The standard InChI is InChI=1S/C13H20N2O4/c1-17-7-8-19-6-5-15-12-4-3-10(9-11(12)14)13(16)18-2/h3-4,9,15H,5-8,14H2,1-2H3. The van der Waals surface area contributed by atoms with E-state index < -0.39 is 5.97 Å². The number of carbonyl (C=O) groups excluding carboxylic acids is 1. The number of benzene rings is 1. The molecule has 0 unspecified atom stereocenters. The molecule has 0 heterocycles. The topological polar surface area (TPSA) is 82.8 Å². The Morgan fingerprint density at radius 2 is 2.05 bits per heavy atom. The molecule has 0 radical (unpaired) electrons. The Morgan fingerprint density at radius 1 is 1.26 bits per heavy atom. The van der Waals surface area contributed by atoms with Crippen LogP contribution < -0.4 is 11.1 Å². The number of rotatable bonds is 8. The maximum absolute atomic E-state index is 11.3. The summed E-state index contributed by atoms with van der Waals surface area (Å²) in [4.78, 5) is 11.3. The van der Waals surface area contributed by atoms with Crippen LogP contribution in [0.4, 0.5) is 11.4 Å². The van der Waals surface area contributed by atoms with Crippen LogP contribution in [0, 0.1) is 0 Å². The highest BCUT2D eigenvalue weighted by atomic mass is 16.5. The molecule has 6 nitrogen and oxygen atoms in total. The first kappa shape index (κ1) is 15.3. The van der Waals surface area contributed by atoms with E-state index in [-0.39, 0.29) is 0 Å². The van der Waals surface area contributed by atoms with Crippen molar-refractivity contribution in [1.82, 2.24) is 0 Å². The third-order valence-corrected chi connectivity index (χ3v) is 2.47. The fraction of sp³-hybridized carbons (Fsp3) is 0.462. The van der Waals surface area contributed by atoms with Crippen LogP contribution in [0.25, 0.3) is 0 Å². The molecule has 19 heavy (non-hydrogen) atoms. The van der Waals surface area contributed by atoms with E-state index in [1.807, 2.05) is 0 Å². The molecule has 0 spiro atoms. The zero-order valence-corrected chi connectivity index (χ0v) is 11.3. The number of nitrogen functional groups attached to an aromatic ring is 1. The Morgan fingerprint density at radius 3 is 2.68 bits per heavy atom. The van der Waals surface area contributed by atoms with Gasteiger partial charge in [-0.25, -0.2) is 4.79 Å². The van der Waals surface area contributed by atoms with Gasteiger partial charge in [-0.05, 0) is 18.2 Å². The molecule has 0 atom stereocenters. The Balaban J connectivity index is 2.40. The van der Waals surface area contributed by atoms with E-state index >= 15 is 0 Å². The van der Waals surface area contributed by atoms with Gasteiger partial charge in [-0.1, -0.05) is 0 Å². The first-order chi connectivity index (χ1) is 9.19. The van der Waals surface area contributed by atoms with Crippen LogP contribution in [-0.2, 0) is 14.2 Å². The first-order valence-corrected chi connectivity index (χ1v) is 5.97. The summed E-state index contributed by atoms with van der Waals surface area (Å²) >= 11 is 0. The number of hydrogen-bond donors (Lipinski definition) is 2. The number of carbonyl (C=O) groups is 1. The molecule has 106 valence electrons. The number of ether oxygens (including phenoxy) is 3. The minimum atomic E-state index is -0.402. The summed E-state index contributed by atoms with van der Waals surface area (Å²) in [7, 11) is 2.97. The summed E-state index contributed by atoms with van der Waals surface area (Å²) in [5.41, 5.74) is 7.54. The van der Waals surface area contributed by atoms with Gasteiger partial charge in [0, 0.05) is 13.7 Å². The molecule has 0 saturated carbocycles. The summed E-state index contributed by atoms with van der Waals surface area (Å²) in [6.45, 7) is 2.33. The molecule has 6 heteroatoms. The molecular weight excluding hydrogens is 248 g/mol. The molecule has 0 aliphatic carbocycles. The molecule has 1 rings (SSSR count). The van der Waals surface area contributed by atoms with Crippen LogP contribution in [0.1, 0.15) is 10.4 Å². The Hall–Kier alpha value is -1.79. The molecule has 0 aliphatic rings. The van der Waals surface area contributed by atoms with Gasteiger partial charge >= 0.3 is 5.97 Å². The second-order valence-electron chi connectivity index (χ2n) is 3.83. The molecule has 3 N–H and O–H groups in total. The summed E-state index contributed by atoms with van der Waals surface area (Å²) in [6.07, 6.45) is 0. The van der Waals surface area contributed by atoms with Crippen molar-refractivity contribution in [2.45, 2.75) is 0 Å². The van der Waals surface area contributed by atoms with Crippen molar-refractivity contribution in [3.05, 3.63) is 23.8 Å². The predicted octanol–water partition coefficient (Wildman–Crippen LogP) is 1.13. The van der Waals surface area contributed by atoms with Crippen LogP contribution >= 0.6 is 0 Å². The average molecular weight is 268 g/mol. The maximum atomic E-state index is 11.3. The van der Waals surface area contributed by atoms with Gasteiger partial charge in [-0.2, -0.15) is 0 Å². The van der Waals surface area contributed by atoms with Gasteiger partial charge < -0.3 is 25.3 Å². The maximum Gasteiger partial charge on any atom is 0.337 e. The number of nitrogens with one attached hydrogen (secondary N) is 1. The highest BCUT2D eigenvalue weighted by molar-refractivity contribution is 5.91. The Kier molecular flexibility index (Phi) is 6.70. The molecule has 0 aromatic heterocycles. The summed E-state index contributed by atoms with van der Waals surface area (Å²) in [5, 5.41) is 3.13. The normalized spacial score (nSPS) is 10.2. The highest BCUT2D eigenvalue weighted by Crippen LogP contribution is 2.19. The fourth-order valence-electron chi connectivity index (χ4n) is 1.47. The van der Waals surface area contributed by atoms with E-state index in [1.165, 1.54) is 7.11 Å². The zero-order chi connectivity index (χ0) is 14.1. The van der Waals surface area contributed by atoms with Crippen LogP contribution in [0.3, 0.4) is 0 Å². The minimum absolute atomic E-state index is 0.402. The van der Waals surface area contributed by atoms with Gasteiger partial charge in [-0.3, -0.25) is 0 Å². The van der Waals surface area contributed by atoms with Crippen LogP contribution in [-0.4, -0.2) is 46.6 Å². The SMILES string of the molecule is COCCOCCNc1ccc(C(=O)OC)cc1N. The van der Waals surface area contributed by atoms with E-state index in [4.69, 9.17) is 15.2 Å². The second-order valence-corrected chi connectivity index (χ2v) is 3.83. The quantitative estimate of drug-likeness (QED) is 0.418. The van der Waals surface area contributed by atoms with Gasteiger partial charge in [0.15, 0.2) is 0 Å². The van der Waals surface area contributed by atoms with E-state index in [0.717, 1.165) is 5.69 Å². The van der Waals surface area contributed by atoms with Crippen molar-refractivity contribution >= 4 is 17.3 Å². The third-order valence-electron chi connectivity index (χ3n) is 2.47. The summed E-state index contributed by atoms with van der Waals surface area (Å²) in [5.74, 6) is -0.402. The lowest BCUT2D eigenvalue weighted by Gasteiger charge is -2.10. The smallest absolute Gasteiger partial charge is 0.337 e. The lowest BCUT2D eigenvalue weighted by Crippen LogP contribution is -2.13. The number of anilines is 2. The Labute approximate surface area is 112 Å². The number of nitrogens with two attached hydrogens (primary N) is 1. The van der Waals surface area contributed by atoms with E-state index in [1.54, 1.807) is 25.3 Å². The van der Waals surface area contributed by atoms with Crippen molar-refractivity contribution in [2.75, 3.05) is 51.6 Å². The van der Waals surface area contributed by atoms with Gasteiger partial charge in [0.2, 0.25) is 0 Å². The molecule has 0 aliphatic heterocycles. The lowest BCUT2D eigenvalue weighted by atomic mass is 10.1. The van der Waals surface area contributed by atoms with E-state index in [2.05, 4.69) is 10.1 Å². The predicted molar refractivity (Wildman–Crippen MR) is 73.4 cm³/mol. The molecule has 1 aromatic carbocycles. The van der Waals surface area contributed by atoms with Crippen molar-refractivity contribution in [1.29, 1.82) is 0 Å². The van der Waals surface area contributed by atoms with Crippen LogP contribution in [0.5, 0.6) is 0 Å². The van der Waals surface area contributed by atoms with Gasteiger partial charge in [0.1, 0.15) is 0 Å². The number of esters is 1. The van der Waals surface area contributed by atoms with Gasteiger partial charge in [-0.15, -0.1) is 0 Å². The Bertz CT molecular complexity index is 410. The van der Waals surface area contributed by atoms with Crippen molar-refractivity contribution < 1.29 is 19.0 Å². The minimum Gasteiger partial charge on any atom is -0.465 e. The molecule has 0 amide bonds. The summed E-state index contributed by atoms with van der Waals surface area (Å²) in [6, 6.07) is 4.99. The summed E-state index contributed by atoms with van der Waals surface area (Å²) < 4.78 is 14.8. The lowest BCUT2D eigenvalue weighted by molar-refractivity contribution is 0.0601. The van der Waals surface area contributed by atoms with Gasteiger partial charge in [0.05, 0.1) is 43.9 Å². The zero-order valence-electron chi connectivity index (χ0n) is 11.3. The average Bonchev–Trinajstić information content (AvgIpc) is 2.43. The second kappa shape index (κ2) is 8.34. The van der Waals surface area contributed by atoms with Crippen molar-refractivity contribution in [3.8, 4) is 0 Å². The molecular formula is C13H20N2O4. The van der Waals surface area contributed by atoms with E-state index in [0.29, 0.717) is 37.6 Å². The van der Waals surface area contributed by atoms with Gasteiger partial charge in [0.25, 0.3) is 0 Å². The number of hydrogen-bond acceptors (Lipinski definition) is 6. The highest BCUT2D eigenvalue weighted by Gasteiger charge is 2.07. The molecule has 0 saturated heterocycles. The van der Waals surface area contributed by atoms with Crippen LogP contribution in [0.15, 0.2) is 18.2 Å². The fourth-order valence-corrected chi connectivity index (χ4v) is 1.47. The number of methoxy groups -OCH3 is 2. The van der Waals surface area contributed by atoms with Crippen LogP contribution in [0.2, 0.25) is 0 Å². The van der Waals surface area contributed by atoms with E-state index in [9.17, 15) is 4.79 Å². The van der Waals surface area contributed by atoms with Crippen molar-refractivity contribution in [3.63, 3.8) is 0 Å². The molecule has 0 bridgehead atoms. The largest absolute Gasteiger partial charge is 0.465 e. The van der Waals surface area contributed by atoms with Crippen molar-refractivity contribution in [2.24, 2.45) is 0 Å². The monoisotopic (exact) mass is 268 g/mol. The molecule has 0 fully saturated rings. The first-order valence-electron chi connectivity index (χ1n) is 5.97. The molecule has 1 aromatic rings.